The van der Waals surface area contributed by atoms with Crippen LogP contribution in [-0.2, 0) is 4.79 Å². The predicted octanol–water partition coefficient (Wildman–Crippen LogP) is 1.63. The normalized spacial score (nSPS) is 9.25. The number of hydrogen-bond donors (Lipinski definition) is 0. The predicted molar refractivity (Wildman–Crippen MR) is 41.5 cm³/mol. The van der Waals surface area contributed by atoms with Crippen LogP contribution in [-0.4, -0.2) is 23.4 Å². The molecule has 8 heavy (non-hydrogen) atoms. The fourth-order valence-corrected chi connectivity index (χ4v) is 1.11. The molecule has 0 spiro atoms. The molecule has 0 aromatic rings. The van der Waals surface area contributed by atoms with Gasteiger partial charge in [0, 0.05) is 12.2 Å². The first kappa shape index (κ1) is 8.37. The molecule has 0 N–H and O–H groups in total. The van der Waals surface area contributed by atoms with E-state index in [0.29, 0.717) is 11.5 Å². The largest absolute Gasteiger partial charge is 0.287 e. The van der Waals surface area contributed by atoms with Gasteiger partial charge in [-0.25, -0.2) is 0 Å². The molecule has 0 atom stereocenters. The number of hydrogen-bond acceptors (Lipinski definition) is 3. The molecule has 0 saturated carbocycles. The van der Waals surface area contributed by atoms with Gasteiger partial charge in [0.25, 0.3) is 0 Å². The third kappa shape index (κ3) is 4.53. The van der Waals surface area contributed by atoms with Crippen molar-refractivity contribution in [3.05, 3.63) is 0 Å². The summed E-state index contributed by atoms with van der Waals surface area (Å²) in [6.07, 6.45) is 4.54. The minimum atomic E-state index is 0.291. The van der Waals surface area contributed by atoms with Crippen LogP contribution in [0.5, 0.6) is 0 Å². The highest BCUT2D eigenvalue weighted by Crippen LogP contribution is 2.03. The van der Waals surface area contributed by atoms with E-state index < -0.39 is 0 Å². The zero-order chi connectivity index (χ0) is 6.41. The molecule has 0 aromatic carbocycles. The van der Waals surface area contributed by atoms with E-state index in [4.69, 9.17) is 0 Å². The van der Waals surface area contributed by atoms with Crippen molar-refractivity contribution >= 4 is 28.6 Å². The average Bonchev–Trinajstić information content (AvgIpc) is 1.83. The third-order valence-electron chi connectivity index (χ3n) is 0.738. The van der Waals surface area contributed by atoms with Gasteiger partial charge in [-0.3, -0.25) is 4.79 Å². The molecule has 48 valence electrons. The molecule has 0 amide bonds. The molecule has 0 radical (unpaired) electrons. The molecular formula is C5H10OS2. The van der Waals surface area contributed by atoms with Crippen molar-refractivity contribution in [3.8, 4) is 0 Å². The van der Waals surface area contributed by atoms with Gasteiger partial charge in [-0.05, 0) is 12.5 Å². The molecule has 0 rings (SSSR count). The summed E-state index contributed by atoms with van der Waals surface area (Å²) < 4.78 is 0. The molecule has 0 aromatic heterocycles. The Morgan fingerprint density at radius 2 is 2.12 bits per heavy atom. The molecule has 1 nitrogen and oxygen atoms in total. The standard InChI is InChI=1S/C5H10OS2/c1-7-4-3-5(6)8-2/h3-4H2,1-2H3. The van der Waals surface area contributed by atoms with Gasteiger partial charge < -0.3 is 0 Å². The summed E-state index contributed by atoms with van der Waals surface area (Å²) in [4.78, 5) is 10.5. The molecule has 0 saturated heterocycles. The molecule has 0 aliphatic carbocycles. The van der Waals surface area contributed by atoms with Crippen molar-refractivity contribution in [2.45, 2.75) is 6.42 Å². The van der Waals surface area contributed by atoms with Crippen LogP contribution in [0.25, 0.3) is 0 Å². The van der Waals surface area contributed by atoms with E-state index in [-0.39, 0.29) is 0 Å². The minimum absolute atomic E-state index is 0.291. The van der Waals surface area contributed by atoms with E-state index in [2.05, 4.69) is 0 Å². The number of rotatable bonds is 3. The van der Waals surface area contributed by atoms with Crippen LogP contribution in [0.2, 0.25) is 0 Å². The maximum Gasteiger partial charge on any atom is 0.189 e. The lowest BCUT2D eigenvalue weighted by molar-refractivity contribution is -0.110. The molecular weight excluding hydrogens is 140 g/mol. The van der Waals surface area contributed by atoms with Crippen molar-refractivity contribution in [2.75, 3.05) is 18.3 Å². The van der Waals surface area contributed by atoms with Crippen LogP contribution in [0, 0.1) is 0 Å². The van der Waals surface area contributed by atoms with Gasteiger partial charge in [-0.2, -0.15) is 11.8 Å². The Kier molecular flexibility index (Phi) is 5.76. The highest BCUT2D eigenvalue weighted by molar-refractivity contribution is 8.13. The van der Waals surface area contributed by atoms with Gasteiger partial charge in [0.1, 0.15) is 0 Å². The minimum Gasteiger partial charge on any atom is -0.287 e. The van der Waals surface area contributed by atoms with Crippen LogP contribution in [0.15, 0.2) is 0 Å². The summed E-state index contributed by atoms with van der Waals surface area (Å²) in [6.45, 7) is 0. The fraction of sp³-hybridized carbons (Fsp3) is 0.800. The van der Waals surface area contributed by atoms with Crippen LogP contribution in [0.4, 0.5) is 0 Å². The van der Waals surface area contributed by atoms with E-state index in [1.807, 2.05) is 12.5 Å². The number of carbonyl (C=O) groups is 1. The van der Waals surface area contributed by atoms with Crippen molar-refractivity contribution < 1.29 is 4.79 Å². The number of carbonyl (C=O) groups excluding carboxylic acids is 1. The number of thioether (sulfide) groups is 2. The van der Waals surface area contributed by atoms with E-state index >= 15 is 0 Å². The molecule has 0 heterocycles. The summed E-state index contributed by atoms with van der Waals surface area (Å²) in [6, 6.07) is 0. The zero-order valence-corrected chi connectivity index (χ0v) is 6.77. The first-order chi connectivity index (χ1) is 3.81. The highest BCUT2D eigenvalue weighted by atomic mass is 32.2. The van der Waals surface area contributed by atoms with Crippen molar-refractivity contribution in [2.24, 2.45) is 0 Å². The van der Waals surface area contributed by atoms with Crippen molar-refractivity contribution in [3.63, 3.8) is 0 Å². The summed E-state index contributed by atoms with van der Waals surface area (Å²) in [7, 11) is 0. The topological polar surface area (TPSA) is 17.1 Å². The first-order valence-electron chi connectivity index (χ1n) is 2.37. The Morgan fingerprint density at radius 1 is 1.50 bits per heavy atom. The van der Waals surface area contributed by atoms with E-state index in [1.54, 1.807) is 11.8 Å². The third-order valence-corrected chi connectivity index (χ3v) is 2.01. The second-order valence-electron chi connectivity index (χ2n) is 1.32. The molecule has 0 aliphatic heterocycles. The zero-order valence-electron chi connectivity index (χ0n) is 5.14. The van der Waals surface area contributed by atoms with Crippen molar-refractivity contribution in [1.82, 2.24) is 0 Å². The Balaban J connectivity index is 2.99. The average molecular weight is 150 g/mol. The molecule has 0 fully saturated rings. The van der Waals surface area contributed by atoms with Crippen molar-refractivity contribution in [1.29, 1.82) is 0 Å². The summed E-state index contributed by atoms with van der Waals surface area (Å²) >= 11 is 3.02. The van der Waals surface area contributed by atoms with Gasteiger partial charge in [-0.1, -0.05) is 11.8 Å². The molecule has 0 bridgehead atoms. The maximum atomic E-state index is 10.5. The van der Waals surface area contributed by atoms with Crippen LogP contribution in [0.1, 0.15) is 6.42 Å². The molecule has 0 unspecified atom stereocenters. The van der Waals surface area contributed by atoms with Crippen LogP contribution in [0.3, 0.4) is 0 Å². The second kappa shape index (κ2) is 5.51. The summed E-state index contributed by atoms with van der Waals surface area (Å²) in [5.74, 6) is 0.958. The lowest BCUT2D eigenvalue weighted by atomic mass is 10.5. The smallest absolute Gasteiger partial charge is 0.189 e. The fourth-order valence-electron chi connectivity index (χ4n) is 0.287. The Hall–Kier alpha value is 0.370. The van der Waals surface area contributed by atoms with E-state index in [9.17, 15) is 4.79 Å². The van der Waals surface area contributed by atoms with Gasteiger partial charge in [-0.15, -0.1) is 0 Å². The first-order valence-corrected chi connectivity index (χ1v) is 4.99. The summed E-state index contributed by atoms with van der Waals surface area (Å²) in [5.41, 5.74) is 0. The maximum absolute atomic E-state index is 10.5. The lowest BCUT2D eigenvalue weighted by Crippen LogP contribution is -1.90. The van der Waals surface area contributed by atoms with E-state index in [0.717, 1.165) is 5.75 Å². The monoisotopic (exact) mass is 150 g/mol. The lowest BCUT2D eigenvalue weighted by Gasteiger charge is -1.90. The highest BCUT2D eigenvalue weighted by Gasteiger charge is 1.94. The van der Waals surface area contributed by atoms with Gasteiger partial charge in [0.2, 0.25) is 0 Å². The Morgan fingerprint density at radius 3 is 2.50 bits per heavy atom. The van der Waals surface area contributed by atoms with Crippen LogP contribution < -0.4 is 0 Å². The summed E-state index contributed by atoms with van der Waals surface area (Å²) in [5, 5.41) is 0.291. The SMILES string of the molecule is CSCCC(=O)SC. The Bertz CT molecular complexity index is 72.8. The molecule has 0 aliphatic rings. The second-order valence-corrected chi connectivity index (χ2v) is 3.17. The Labute approximate surface area is 58.6 Å². The van der Waals surface area contributed by atoms with Gasteiger partial charge >= 0.3 is 0 Å². The quantitative estimate of drug-likeness (QED) is 0.608. The molecule has 3 heteroatoms. The van der Waals surface area contributed by atoms with Gasteiger partial charge in [0.05, 0.1) is 0 Å². The van der Waals surface area contributed by atoms with E-state index in [1.165, 1.54) is 11.8 Å². The van der Waals surface area contributed by atoms with Gasteiger partial charge in [0.15, 0.2) is 5.12 Å². The van der Waals surface area contributed by atoms with Crippen LogP contribution >= 0.6 is 23.5 Å².